The standard InChI is InChI=1S/C25H24F5N5O2/c1-13-11-35(12-14(2)34(13)3)21-8-19(26)16(15-4-5-22(27)31-9-15)6-20(21)33-24(37)17-10-32-23(36)7-18(17)25(28,29)30/h4-10,13-14H,11-12H2,1-3H3,(H,32,36)(H,33,37)/t13-,14?/m1/s1. The summed E-state index contributed by atoms with van der Waals surface area (Å²) in [5.41, 5.74) is -2.71. The van der Waals surface area contributed by atoms with Crippen LogP contribution in [-0.4, -0.2) is 53.0 Å². The number of carbonyl (C=O) groups is 1. The Morgan fingerprint density at radius 2 is 1.78 bits per heavy atom. The number of piperazine rings is 1. The average Bonchev–Trinajstić information content (AvgIpc) is 2.83. The van der Waals surface area contributed by atoms with Crippen LogP contribution < -0.4 is 15.8 Å². The van der Waals surface area contributed by atoms with Crippen molar-refractivity contribution in [1.29, 1.82) is 0 Å². The number of aromatic nitrogens is 2. The summed E-state index contributed by atoms with van der Waals surface area (Å²) in [6.07, 6.45) is -3.16. The number of amides is 1. The Labute approximate surface area is 208 Å². The quantitative estimate of drug-likeness (QED) is 0.390. The van der Waals surface area contributed by atoms with Crippen molar-refractivity contribution >= 4 is 17.3 Å². The van der Waals surface area contributed by atoms with Gasteiger partial charge in [-0.15, -0.1) is 0 Å². The second kappa shape index (κ2) is 9.92. The van der Waals surface area contributed by atoms with E-state index in [2.05, 4.69) is 20.2 Å². The summed E-state index contributed by atoms with van der Waals surface area (Å²) in [6, 6.07) is 5.25. The highest BCUT2D eigenvalue weighted by Crippen LogP contribution is 2.37. The number of anilines is 2. The first-order chi connectivity index (χ1) is 17.3. The van der Waals surface area contributed by atoms with Gasteiger partial charge in [-0.3, -0.25) is 14.5 Å². The van der Waals surface area contributed by atoms with Crippen molar-refractivity contribution in [2.45, 2.75) is 32.1 Å². The molecule has 1 amide bonds. The van der Waals surface area contributed by atoms with Crippen LogP contribution in [0.25, 0.3) is 11.1 Å². The number of carbonyl (C=O) groups excluding carboxylic acids is 1. The molecule has 0 radical (unpaired) electrons. The van der Waals surface area contributed by atoms with Crippen molar-refractivity contribution in [3.63, 3.8) is 0 Å². The van der Waals surface area contributed by atoms with Gasteiger partial charge in [0.25, 0.3) is 5.91 Å². The summed E-state index contributed by atoms with van der Waals surface area (Å²) < 4.78 is 69.3. The number of rotatable bonds is 4. The normalized spacial score (nSPS) is 18.6. The molecule has 0 aliphatic carbocycles. The fourth-order valence-electron chi connectivity index (χ4n) is 4.37. The Morgan fingerprint density at radius 1 is 1.11 bits per heavy atom. The van der Waals surface area contributed by atoms with Gasteiger partial charge in [-0.1, -0.05) is 0 Å². The van der Waals surface area contributed by atoms with Gasteiger partial charge in [0.2, 0.25) is 11.5 Å². The number of alkyl halides is 3. The lowest BCUT2D eigenvalue weighted by atomic mass is 10.0. The molecule has 1 fully saturated rings. The zero-order chi connectivity index (χ0) is 27.1. The molecule has 1 aliphatic rings. The zero-order valence-corrected chi connectivity index (χ0v) is 20.2. The lowest BCUT2D eigenvalue weighted by Crippen LogP contribution is -2.55. The minimum Gasteiger partial charge on any atom is -0.367 e. The number of H-pyrrole nitrogens is 1. The van der Waals surface area contributed by atoms with Crippen molar-refractivity contribution in [3.05, 3.63) is 76.0 Å². The Bertz CT molecular complexity index is 1360. The van der Waals surface area contributed by atoms with Crippen LogP contribution in [0.4, 0.5) is 33.3 Å². The summed E-state index contributed by atoms with van der Waals surface area (Å²) in [5.74, 6) is -2.59. The third kappa shape index (κ3) is 5.48. The van der Waals surface area contributed by atoms with E-state index in [1.54, 1.807) is 0 Å². The Hall–Kier alpha value is -3.80. The molecule has 1 saturated heterocycles. The molecule has 2 N–H and O–H groups in total. The van der Waals surface area contributed by atoms with Gasteiger partial charge in [-0.05, 0) is 45.2 Å². The molecule has 0 saturated carbocycles. The molecule has 3 heterocycles. The third-order valence-electron chi connectivity index (χ3n) is 6.55. The topological polar surface area (TPSA) is 81.3 Å². The summed E-state index contributed by atoms with van der Waals surface area (Å²) in [6.45, 7) is 4.89. The maximum Gasteiger partial charge on any atom is 0.417 e. The molecule has 3 aromatic rings. The van der Waals surface area contributed by atoms with Crippen LogP contribution in [0.3, 0.4) is 0 Å². The largest absolute Gasteiger partial charge is 0.417 e. The molecular formula is C25H24F5N5O2. The van der Waals surface area contributed by atoms with Gasteiger partial charge >= 0.3 is 6.18 Å². The second-order valence-electron chi connectivity index (χ2n) is 9.06. The Balaban J connectivity index is 1.81. The lowest BCUT2D eigenvalue weighted by Gasteiger charge is -2.44. The van der Waals surface area contributed by atoms with Crippen molar-refractivity contribution in [2.75, 3.05) is 30.4 Å². The molecule has 7 nitrogen and oxygen atoms in total. The van der Waals surface area contributed by atoms with Crippen LogP contribution in [0.15, 0.2) is 47.5 Å². The van der Waals surface area contributed by atoms with E-state index in [1.165, 1.54) is 18.2 Å². The van der Waals surface area contributed by atoms with E-state index in [0.29, 0.717) is 25.4 Å². The van der Waals surface area contributed by atoms with Gasteiger partial charge in [0.15, 0.2) is 0 Å². The number of hydrogen-bond acceptors (Lipinski definition) is 5. The Morgan fingerprint density at radius 3 is 2.38 bits per heavy atom. The van der Waals surface area contributed by atoms with Gasteiger partial charge in [0.05, 0.1) is 22.5 Å². The van der Waals surface area contributed by atoms with Crippen molar-refractivity contribution in [3.8, 4) is 11.1 Å². The molecule has 0 spiro atoms. The molecule has 4 rings (SSSR count). The minimum atomic E-state index is -4.96. The summed E-state index contributed by atoms with van der Waals surface area (Å²) >= 11 is 0. The molecule has 196 valence electrons. The third-order valence-corrected chi connectivity index (χ3v) is 6.55. The number of likely N-dealkylation sites (N-methyl/N-ethyl adjacent to an activating group) is 1. The van der Waals surface area contributed by atoms with Crippen LogP contribution >= 0.6 is 0 Å². The van der Waals surface area contributed by atoms with Crippen LogP contribution in [-0.2, 0) is 6.18 Å². The van der Waals surface area contributed by atoms with Gasteiger partial charge in [0.1, 0.15) is 5.82 Å². The van der Waals surface area contributed by atoms with Crippen LogP contribution in [0.5, 0.6) is 0 Å². The molecule has 1 unspecified atom stereocenters. The van der Waals surface area contributed by atoms with Gasteiger partial charge < -0.3 is 15.2 Å². The lowest BCUT2D eigenvalue weighted by molar-refractivity contribution is -0.138. The first-order valence-electron chi connectivity index (χ1n) is 11.4. The second-order valence-corrected chi connectivity index (χ2v) is 9.06. The van der Waals surface area contributed by atoms with Crippen molar-refractivity contribution < 1.29 is 26.7 Å². The van der Waals surface area contributed by atoms with Crippen LogP contribution in [0.2, 0.25) is 0 Å². The molecule has 37 heavy (non-hydrogen) atoms. The number of hydrogen-bond donors (Lipinski definition) is 2. The SMILES string of the molecule is CC1CN(c2cc(F)c(-c3ccc(F)nc3)cc2NC(=O)c2c[nH]c(=O)cc2C(F)(F)F)C[C@@H](C)N1C. The maximum absolute atomic E-state index is 15.3. The predicted molar refractivity (Wildman–Crippen MR) is 129 cm³/mol. The first-order valence-corrected chi connectivity index (χ1v) is 11.4. The number of aromatic amines is 1. The van der Waals surface area contributed by atoms with E-state index in [1.807, 2.05) is 25.8 Å². The van der Waals surface area contributed by atoms with Crippen molar-refractivity contribution in [1.82, 2.24) is 14.9 Å². The first kappa shape index (κ1) is 26.3. The molecule has 0 bridgehead atoms. The molecule has 1 aliphatic heterocycles. The molecule has 1 aromatic carbocycles. The van der Waals surface area contributed by atoms with Gasteiger partial charge in [-0.25, -0.2) is 9.37 Å². The smallest absolute Gasteiger partial charge is 0.367 e. The zero-order valence-electron chi connectivity index (χ0n) is 20.2. The molecule has 2 atom stereocenters. The van der Waals surface area contributed by atoms with Gasteiger partial charge in [0, 0.05) is 54.8 Å². The highest BCUT2D eigenvalue weighted by atomic mass is 19.4. The Kier molecular flexibility index (Phi) is 7.05. The van der Waals surface area contributed by atoms with Crippen LogP contribution in [0.1, 0.15) is 29.8 Å². The van der Waals surface area contributed by atoms with E-state index in [-0.39, 0.29) is 34.6 Å². The van der Waals surface area contributed by atoms with E-state index < -0.39 is 40.5 Å². The predicted octanol–water partition coefficient (Wildman–Crippen LogP) is 4.52. The number of nitrogens with zero attached hydrogens (tertiary/aromatic N) is 3. The summed E-state index contributed by atoms with van der Waals surface area (Å²) in [7, 11) is 1.95. The van der Waals surface area contributed by atoms with Gasteiger partial charge in [-0.2, -0.15) is 17.6 Å². The highest BCUT2D eigenvalue weighted by molar-refractivity contribution is 6.07. The van der Waals surface area contributed by atoms with Crippen LogP contribution in [0, 0.1) is 11.8 Å². The number of halogens is 5. The average molecular weight is 521 g/mol. The van der Waals surface area contributed by atoms with E-state index in [4.69, 9.17) is 0 Å². The van der Waals surface area contributed by atoms with Crippen molar-refractivity contribution in [2.24, 2.45) is 0 Å². The monoisotopic (exact) mass is 521 g/mol. The maximum atomic E-state index is 15.3. The minimum absolute atomic E-state index is 0.0284. The van der Waals surface area contributed by atoms with E-state index >= 15 is 4.39 Å². The fraction of sp³-hybridized carbons (Fsp3) is 0.320. The summed E-state index contributed by atoms with van der Waals surface area (Å²) in [4.78, 5) is 34.2. The molecule has 12 heteroatoms. The number of nitrogens with one attached hydrogen (secondary N) is 2. The highest BCUT2D eigenvalue weighted by Gasteiger charge is 2.36. The van der Waals surface area contributed by atoms with E-state index in [9.17, 15) is 27.2 Å². The fourth-order valence-corrected chi connectivity index (χ4v) is 4.37. The van der Waals surface area contributed by atoms with E-state index in [0.717, 1.165) is 12.3 Å². The summed E-state index contributed by atoms with van der Waals surface area (Å²) in [5, 5.41) is 2.47. The number of pyridine rings is 2. The molecular weight excluding hydrogens is 497 g/mol. The molecule has 2 aromatic heterocycles. The number of benzene rings is 1.